The van der Waals surface area contributed by atoms with Gasteiger partial charge in [0.1, 0.15) is 5.78 Å². The SMILES string of the molecule is CC(Oc1nc2c(s1)CCN(CCC1CCC(CC(=O)Cc3ccc4nn(C)cc4c3)CC1)CC2)C(F)F. The monoisotopic (exact) mass is 544 g/mol. The molecule has 6 nitrogen and oxygen atoms in total. The number of carbonyl (C=O) groups excluding carboxylic acids is 1. The van der Waals surface area contributed by atoms with Crippen LogP contribution >= 0.6 is 11.3 Å². The Hall–Kier alpha value is -2.39. The zero-order valence-electron chi connectivity index (χ0n) is 22.4. The molecule has 38 heavy (non-hydrogen) atoms. The summed E-state index contributed by atoms with van der Waals surface area (Å²) < 4.78 is 32.7. The van der Waals surface area contributed by atoms with E-state index in [0.29, 0.717) is 29.7 Å². The van der Waals surface area contributed by atoms with Crippen molar-refractivity contribution in [1.29, 1.82) is 0 Å². The second kappa shape index (κ2) is 12.2. The van der Waals surface area contributed by atoms with Crippen LogP contribution in [0.1, 0.15) is 61.6 Å². The maximum Gasteiger partial charge on any atom is 0.274 e. The number of fused-ring (bicyclic) bond motifs is 2. The maximum atomic E-state index is 12.8. The lowest BCUT2D eigenvalue weighted by molar-refractivity contribution is -0.119. The Morgan fingerprint density at radius 1 is 1.16 bits per heavy atom. The van der Waals surface area contributed by atoms with Gasteiger partial charge in [-0.25, -0.2) is 13.8 Å². The molecule has 3 heterocycles. The molecule has 2 aliphatic rings. The van der Waals surface area contributed by atoms with Crippen LogP contribution in [0.3, 0.4) is 0 Å². The van der Waals surface area contributed by atoms with Gasteiger partial charge in [-0.3, -0.25) is 9.48 Å². The van der Waals surface area contributed by atoms with E-state index >= 15 is 0 Å². The van der Waals surface area contributed by atoms with Gasteiger partial charge in [-0.15, -0.1) is 0 Å². The molecule has 0 amide bonds. The first-order valence-corrected chi connectivity index (χ1v) is 14.7. The third kappa shape index (κ3) is 6.97. The average Bonchev–Trinajstić information content (AvgIpc) is 3.39. The van der Waals surface area contributed by atoms with Crippen LogP contribution in [0, 0.1) is 11.8 Å². The highest BCUT2D eigenvalue weighted by Crippen LogP contribution is 2.34. The molecule has 1 aromatic carbocycles. The van der Waals surface area contributed by atoms with Gasteiger partial charge in [0.15, 0.2) is 6.10 Å². The van der Waals surface area contributed by atoms with E-state index in [9.17, 15) is 13.6 Å². The number of rotatable bonds is 10. The summed E-state index contributed by atoms with van der Waals surface area (Å²) in [7, 11) is 1.92. The Balaban J connectivity index is 1.00. The number of aryl methyl sites for hydroxylation is 1. The molecule has 1 aliphatic heterocycles. The Morgan fingerprint density at radius 2 is 1.92 bits per heavy atom. The van der Waals surface area contributed by atoms with E-state index in [0.717, 1.165) is 73.4 Å². The topological polar surface area (TPSA) is 60.2 Å². The van der Waals surface area contributed by atoms with Gasteiger partial charge < -0.3 is 9.64 Å². The molecule has 9 heteroatoms. The number of alkyl halides is 2. The van der Waals surface area contributed by atoms with Crippen LogP contribution in [0.25, 0.3) is 10.9 Å². The summed E-state index contributed by atoms with van der Waals surface area (Å²) in [6.07, 6.45) is 7.26. The van der Waals surface area contributed by atoms with E-state index in [1.165, 1.54) is 42.4 Å². The van der Waals surface area contributed by atoms with Crippen molar-refractivity contribution in [2.75, 3.05) is 19.6 Å². The molecule has 2 aromatic heterocycles. The molecule has 1 saturated carbocycles. The van der Waals surface area contributed by atoms with Crippen molar-refractivity contribution in [3.8, 4) is 5.19 Å². The van der Waals surface area contributed by atoms with Gasteiger partial charge in [0.05, 0.1) is 11.2 Å². The second-order valence-corrected chi connectivity index (χ2v) is 12.2. The number of hydrogen-bond acceptors (Lipinski definition) is 6. The summed E-state index contributed by atoms with van der Waals surface area (Å²) in [5.74, 6) is 1.60. The maximum absolute atomic E-state index is 12.8. The summed E-state index contributed by atoms with van der Waals surface area (Å²) in [6.45, 7) is 4.41. The summed E-state index contributed by atoms with van der Waals surface area (Å²) >= 11 is 1.42. The van der Waals surface area contributed by atoms with E-state index in [4.69, 9.17) is 4.74 Å². The summed E-state index contributed by atoms with van der Waals surface area (Å²) in [6, 6.07) is 6.13. The summed E-state index contributed by atoms with van der Waals surface area (Å²) in [4.78, 5) is 21.0. The van der Waals surface area contributed by atoms with E-state index < -0.39 is 12.5 Å². The zero-order valence-corrected chi connectivity index (χ0v) is 23.2. The van der Waals surface area contributed by atoms with Crippen LogP contribution in [-0.2, 0) is 31.1 Å². The number of hydrogen-bond donors (Lipinski definition) is 0. The minimum atomic E-state index is -2.50. The van der Waals surface area contributed by atoms with Gasteiger partial charge in [-0.2, -0.15) is 5.10 Å². The van der Waals surface area contributed by atoms with Crippen molar-refractivity contribution in [2.24, 2.45) is 18.9 Å². The standard InChI is InChI=1S/C29H38F2N4O2S/c1-19(28(30)31)37-29-32-26-10-13-35(14-11-27(26)38-29)12-9-20-3-5-21(6-4-20)16-24(36)17-22-7-8-25-23(15-22)18-34(2)33-25/h7-8,15,18-21,28H,3-6,9-14,16-17H2,1-2H3. The largest absolute Gasteiger partial charge is 0.461 e. The van der Waals surface area contributed by atoms with Crippen molar-refractivity contribution in [2.45, 2.75) is 77.2 Å². The third-order valence-electron chi connectivity index (χ3n) is 8.14. The second-order valence-electron chi connectivity index (χ2n) is 11.1. The van der Waals surface area contributed by atoms with Crippen LogP contribution in [-0.4, -0.2) is 57.6 Å². The molecule has 1 fully saturated rings. The smallest absolute Gasteiger partial charge is 0.274 e. The number of halogens is 2. The number of Topliss-reactive ketones (excluding diaryl/α,β-unsaturated/α-hetero) is 1. The van der Waals surface area contributed by atoms with Gasteiger partial charge >= 0.3 is 0 Å². The first kappa shape index (κ1) is 27.2. The van der Waals surface area contributed by atoms with Crippen LogP contribution in [0.15, 0.2) is 24.4 Å². The fourth-order valence-electron chi connectivity index (χ4n) is 5.89. The lowest BCUT2D eigenvalue weighted by Gasteiger charge is -2.30. The molecule has 0 radical (unpaired) electrons. The predicted molar refractivity (Wildman–Crippen MR) is 146 cm³/mol. The van der Waals surface area contributed by atoms with Crippen molar-refractivity contribution < 1.29 is 18.3 Å². The lowest BCUT2D eigenvalue weighted by Crippen LogP contribution is -2.30. The fourth-order valence-corrected chi connectivity index (χ4v) is 6.92. The predicted octanol–water partition coefficient (Wildman–Crippen LogP) is 5.86. The van der Waals surface area contributed by atoms with E-state index in [1.54, 1.807) is 0 Å². The summed E-state index contributed by atoms with van der Waals surface area (Å²) in [5, 5.41) is 5.87. The number of nitrogens with zero attached hydrogens (tertiary/aromatic N) is 4. The quantitative estimate of drug-likeness (QED) is 0.320. The first-order valence-electron chi connectivity index (χ1n) is 13.9. The molecule has 0 spiro atoms. The number of aromatic nitrogens is 3. The fraction of sp³-hybridized carbons (Fsp3) is 0.621. The van der Waals surface area contributed by atoms with Gasteiger partial charge in [0, 0.05) is 55.9 Å². The highest BCUT2D eigenvalue weighted by Gasteiger charge is 2.25. The van der Waals surface area contributed by atoms with Crippen molar-refractivity contribution >= 4 is 28.0 Å². The molecular weight excluding hydrogens is 506 g/mol. The number of benzene rings is 1. The molecule has 1 atom stereocenters. The van der Waals surface area contributed by atoms with Gasteiger partial charge in [0.2, 0.25) is 0 Å². The normalized spacial score (nSPS) is 21.4. The first-order chi connectivity index (χ1) is 18.3. The number of ether oxygens (including phenoxy) is 1. The van der Waals surface area contributed by atoms with E-state index in [-0.39, 0.29) is 0 Å². The Morgan fingerprint density at radius 3 is 2.71 bits per heavy atom. The zero-order chi connectivity index (χ0) is 26.6. The molecule has 0 N–H and O–H groups in total. The van der Waals surface area contributed by atoms with E-state index in [2.05, 4.69) is 21.0 Å². The number of thiazole rings is 1. The van der Waals surface area contributed by atoms with Gasteiger partial charge in [0.25, 0.3) is 11.6 Å². The van der Waals surface area contributed by atoms with Crippen molar-refractivity contribution in [1.82, 2.24) is 19.7 Å². The van der Waals surface area contributed by atoms with Crippen LogP contribution < -0.4 is 4.74 Å². The summed E-state index contributed by atoms with van der Waals surface area (Å²) in [5.41, 5.74) is 3.06. The third-order valence-corrected chi connectivity index (χ3v) is 9.19. The lowest BCUT2D eigenvalue weighted by atomic mass is 9.78. The molecule has 1 aliphatic carbocycles. The Labute approximate surface area is 227 Å². The van der Waals surface area contributed by atoms with Crippen molar-refractivity contribution in [3.63, 3.8) is 0 Å². The molecule has 206 valence electrons. The molecule has 0 saturated heterocycles. The molecule has 5 rings (SSSR count). The van der Waals surface area contributed by atoms with Gasteiger partial charge in [-0.05, 0) is 68.7 Å². The minimum absolute atomic E-state index is 0.347. The Bertz CT molecular complexity index is 1210. The van der Waals surface area contributed by atoms with Crippen LogP contribution in [0.4, 0.5) is 8.78 Å². The number of carbonyl (C=O) groups is 1. The van der Waals surface area contributed by atoms with Gasteiger partial charge in [-0.1, -0.05) is 30.2 Å². The number of ketones is 1. The Kier molecular flexibility index (Phi) is 8.73. The molecular formula is C29H38F2N4O2S. The van der Waals surface area contributed by atoms with Crippen LogP contribution in [0.2, 0.25) is 0 Å². The minimum Gasteiger partial charge on any atom is -0.461 e. The van der Waals surface area contributed by atoms with E-state index in [1.807, 2.05) is 30.1 Å². The molecule has 0 bridgehead atoms. The van der Waals surface area contributed by atoms with Crippen LogP contribution in [0.5, 0.6) is 5.19 Å². The molecule has 3 aromatic rings. The molecule has 1 unspecified atom stereocenters. The highest BCUT2D eigenvalue weighted by molar-refractivity contribution is 7.13. The average molecular weight is 545 g/mol. The highest BCUT2D eigenvalue weighted by atomic mass is 32.1. The van der Waals surface area contributed by atoms with Crippen molar-refractivity contribution in [3.05, 3.63) is 40.5 Å².